The number of rotatable bonds is 3. The highest BCUT2D eigenvalue weighted by molar-refractivity contribution is 5.30. The normalized spacial score (nSPS) is 10.9. The maximum atomic E-state index is 11.6. The Morgan fingerprint density at radius 1 is 1.75 bits per heavy atom. The molecule has 0 aliphatic heterocycles. The highest BCUT2D eigenvalue weighted by Crippen LogP contribution is 1.94. The van der Waals surface area contributed by atoms with E-state index in [-0.39, 0.29) is 0 Å². The average molecular weight is 113 g/mol. The van der Waals surface area contributed by atoms with Crippen molar-refractivity contribution in [2.24, 2.45) is 4.99 Å². The maximum Gasteiger partial charge on any atom is 0.131 e. The summed E-state index contributed by atoms with van der Waals surface area (Å²) in [7, 11) is 0. The highest BCUT2D eigenvalue weighted by atomic mass is 19.1. The van der Waals surface area contributed by atoms with Crippen molar-refractivity contribution in [2.75, 3.05) is 6.67 Å². The number of hydrogen-bond donors (Lipinski definition) is 0. The fraction of sp³-hybridized carbons (Fsp3) is 0.167. The molecule has 0 amide bonds. The fourth-order valence-electron chi connectivity index (χ4n) is 0.276. The Kier molecular flexibility index (Phi) is 3.76. The van der Waals surface area contributed by atoms with Crippen LogP contribution >= 0.6 is 0 Å². The van der Waals surface area contributed by atoms with E-state index >= 15 is 0 Å². The summed E-state index contributed by atoms with van der Waals surface area (Å²) in [5.74, 6) is 0. The molecule has 0 spiro atoms. The van der Waals surface area contributed by atoms with Crippen molar-refractivity contribution < 1.29 is 4.39 Å². The molecule has 44 valence electrons. The smallest absolute Gasteiger partial charge is 0.131 e. The first-order valence-corrected chi connectivity index (χ1v) is 2.19. The molecule has 0 rings (SSSR count). The first-order valence-electron chi connectivity index (χ1n) is 2.19. The molecule has 0 aliphatic carbocycles. The van der Waals surface area contributed by atoms with Gasteiger partial charge in [0.1, 0.15) is 6.67 Å². The van der Waals surface area contributed by atoms with Crippen molar-refractivity contribution in [3.05, 3.63) is 24.4 Å². The Hall–Kier alpha value is -0.920. The van der Waals surface area contributed by atoms with Crippen LogP contribution in [0.1, 0.15) is 0 Å². The quantitative estimate of drug-likeness (QED) is 0.390. The van der Waals surface area contributed by atoms with E-state index in [1.165, 1.54) is 12.2 Å². The molecule has 0 atom stereocenters. The number of nitrogens with zero attached hydrogens (tertiary/aromatic N) is 1. The number of alkyl halides is 1. The molecule has 0 aromatic carbocycles. The molecule has 0 aromatic heterocycles. The highest BCUT2D eigenvalue weighted by Gasteiger charge is 1.84. The van der Waals surface area contributed by atoms with Crippen molar-refractivity contribution in [2.45, 2.75) is 0 Å². The first kappa shape index (κ1) is 7.08. The standard InChI is InChI=1S/C6H8FN/c1-3-4-6(5-7)8-2/h3-4H,1-2,5H2/b6-4-. The van der Waals surface area contributed by atoms with Gasteiger partial charge in [0, 0.05) is 0 Å². The molecular formula is C6H8FN. The minimum atomic E-state index is -0.574. The summed E-state index contributed by atoms with van der Waals surface area (Å²) < 4.78 is 11.6. The van der Waals surface area contributed by atoms with Crippen molar-refractivity contribution >= 4 is 6.72 Å². The van der Waals surface area contributed by atoms with Crippen LogP contribution in [-0.2, 0) is 0 Å². The van der Waals surface area contributed by atoms with Crippen molar-refractivity contribution in [1.82, 2.24) is 0 Å². The van der Waals surface area contributed by atoms with Gasteiger partial charge in [-0.1, -0.05) is 12.7 Å². The summed E-state index contributed by atoms with van der Waals surface area (Å²) in [6.07, 6.45) is 2.95. The minimum absolute atomic E-state index is 0.319. The Morgan fingerprint density at radius 2 is 2.38 bits per heavy atom. The molecule has 0 bridgehead atoms. The Balaban J connectivity index is 3.84. The summed E-state index contributed by atoms with van der Waals surface area (Å²) in [5, 5.41) is 0. The molecule has 0 aromatic rings. The summed E-state index contributed by atoms with van der Waals surface area (Å²) in [5.41, 5.74) is 0.319. The van der Waals surface area contributed by atoms with Crippen molar-refractivity contribution in [3.63, 3.8) is 0 Å². The SMILES string of the molecule is C=C/C=C(/CF)N=C. The van der Waals surface area contributed by atoms with Crippen LogP contribution in [-0.4, -0.2) is 13.4 Å². The number of aliphatic imine (C=N–C) groups is 1. The Bertz CT molecular complexity index is 116. The number of allylic oxidation sites excluding steroid dienone is 3. The molecule has 8 heavy (non-hydrogen) atoms. The lowest BCUT2D eigenvalue weighted by molar-refractivity contribution is 0.541. The van der Waals surface area contributed by atoms with E-state index in [2.05, 4.69) is 18.3 Å². The second kappa shape index (κ2) is 4.24. The molecule has 1 nitrogen and oxygen atoms in total. The zero-order chi connectivity index (χ0) is 6.41. The Morgan fingerprint density at radius 3 is 2.50 bits per heavy atom. The number of hydrogen-bond acceptors (Lipinski definition) is 1. The van der Waals surface area contributed by atoms with Crippen LogP contribution in [0.3, 0.4) is 0 Å². The van der Waals surface area contributed by atoms with E-state index in [0.717, 1.165) is 0 Å². The molecule has 0 saturated carbocycles. The lowest BCUT2D eigenvalue weighted by atomic mass is 10.4. The van der Waals surface area contributed by atoms with Gasteiger partial charge >= 0.3 is 0 Å². The van der Waals surface area contributed by atoms with Crippen LogP contribution in [0.5, 0.6) is 0 Å². The summed E-state index contributed by atoms with van der Waals surface area (Å²) in [6.45, 7) is 5.94. The minimum Gasteiger partial charge on any atom is -0.266 e. The summed E-state index contributed by atoms with van der Waals surface area (Å²) in [6, 6.07) is 0. The van der Waals surface area contributed by atoms with E-state index in [1.807, 2.05) is 0 Å². The molecule has 0 fully saturated rings. The molecular weight excluding hydrogens is 105 g/mol. The van der Waals surface area contributed by atoms with Gasteiger partial charge in [-0.05, 0) is 12.8 Å². The summed E-state index contributed by atoms with van der Waals surface area (Å²) in [4.78, 5) is 3.36. The maximum absolute atomic E-state index is 11.6. The van der Waals surface area contributed by atoms with Gasteiger partial charge in [-0.25, -0.2) is 4.39 Å². The van der Waals surface area contributed by atoms with Crippen LogP contribution in [0.2, 0.25) is 0 Å². The van der Waals surface area contributed by atoms with Gasteiger partial charge in [0.15, 0.2) is 0 Å². The van der Waals surface area contributed by atoms with Gasteiger partial charge in [0.2, 0.25) is 0 Å². The molecule has 0 heterocycles. The van der Waals surface area contributed by atoms with E-state index in [0.29, 0.717) is 5.70 Å². The first-order chi connectivity index (χ1) is 3.85. The molecule has 0 N–H and O–H groups in total. The molecule has 0 unspecified atom stereocenters. The van der Waals surface area contributed by atoms with Crippen LogP contribution < -0.4 is 0 Å². The van der Waals surface area contributed by atoms with Gasteiger partial charge in [-0.15, -0.1) is 0 Å². The topological polar surface area (TPSA) is 12.4 Å². The second-order valence-electron chi connectivity index (χ2n) is 1.19. The van der Waals surface area contributed by atoms with Crippen LogP contribution in [0.15, 0.2) is 29.4 Å². The van der Waals surface area contributed by atoms with Gasteiger partial charge in [-0.2, -0.15) is 0 Å². The van der Waals surface area contributed by atoms with Gasteiger partial charge in [0.25, 0.3) is 0 Å². The zero-order valence-corrected chi connectivity index (χ0v) is 4.60. The average Bonchev–Trinajstić information content (AvgIpc) is 1.83. The zero-order valence-electron chi connectivity index (χ0n) is 4.60. The van der Waals surface area contributed by atoms with E-state index in [1.54, 1.807) is 0 Å². The third kappa shape index (κ3) is 2.29. The third-order valence-electron chi connectivity index (χ3n) is 0.650. The predicted octanol–water partition coefficient (Wildman–Crippen LogP) is 1.73. The molecule has 2 heteroatoms. The second-order valence-corrected chi connectivity index (χ2v) is 1.19. The van der Waals surface area contributed by atoms with E-state index < -0.39 is 6.67 Å². The van der Waals surface area contributed by atoms with Crippen molar-refractivity contribution in [3.8, 4) is 0 Å². The number of halogens is 1. The largest absolute Gasteiger partial charge is 0.266 e. The van der Waals surface area contributed by atoms with Gasteiger partial charge < -0.3 is 0 Å². The van der Waals surface area contributed by atoms with E-state index in [9.17, 15) is 4.39 Å². The monoisotopic (exact) mass is 113 g/mol. The summed E-state index contributed by atoms with van der Waals surface area (Å²) >= 11 is 0. The third-order valence-corrected chi connectivity index (χ3v) is 0.650. The molecule has 0 saturated heterocycles. The molecule has 0 aliphatic rings. The van der Waals surface area contributed by atoms with Gasteiger partial charge in [-0.3, -0.25) is 4.99 Å². The van der Waals surface area contributed by atoms with Crippen molar-refractivity contribution in [1.29, 1.82) is 0 Å². The lowest BCUT2D eigenvalue weighted by Gasteiger charge is -1.85. The fourth-order valence-corrected chi connectivity index (χ4v) is 0.276. The van der Waals surface area contributed by atoms with Crippen LogP contribution in [0, 0.1) is 0 Å². The van der Waals surface area contributed by atoms with E-state index in [4.69, 9.17) is 0 Å². The Labute approximate surface area is 48.2 Å². The van der Waals surface area contributed by atoms with Crippen LogP contribution in [0.25, 0.3) is 0 Å². The molecule has 0 radical (unpaired) electrons. The lowest BCUT2D eigenvalue weighted by Crippen LogP contribution is -1.76. The predicted molar refractivity (Wildman–Crippen MR) is 33.8 cm³/mol. The van der Waals surface area contributed by atoms with Crippen LogP contribution in [0.4, 0.5) is 4.39 Å². The van der Waals surface area contributed by atoms with Gasteiger partial charge in [0.05, 0.1) is 5.70 Å².